The van der Waals surface area contributed by atoms with Gasteiger partial charge in [-0.3, -0.25) is 9.59 Å². The lowest BCUT2D eigenvalue weighted by Crippen LogP contribution is -2.52. The predicted molar refractivity (Wildman–Crippen MR) is 96.2 cm³/mol. The molecule has 0 aliphatic carbocycles. The van der Waals surface area contributed by atoms with Gasteiger partial charge in [0.2, 0.25) is 5.91 Å². The molecule has 3 amide bonds. The Morgan fingerprint density at radius 1 is 1.19 bits per heavy atom. The first-order valence-electron chi connectivity index (χ1n) is 8.78. The van der Waals surface area contributed by atoms with Crippen molar-refractivity contribution in [2.75, 3.05) is 6.54 Å². The highest BCUT2D eigenvalue weighted by atomic mass is 35.5. The summed E-state index contributed by atoms with van der Waals surface area (Å²) in [5, 5.41) is 15.4. The van der Waals surface area contributed by atoms with Crippen LogP contribution in [0.15, 0.2) is 24.3 Å². The molecule has 1 aromatic carbocycles. The van der Waals surface area contributed by atoms with Gasteiger partial charge in [0.25, 0.3) is 5.91 Å². The van der Waals surface area contributed by atoms with Gasteiger partial charge in [-0.2, -0.15) is 0 Å². The Morgan fingerprint density at radius 3 is 2.50 bits per heavy atom. The van der Waals surface area contributed by atoms with Crippen LogP contribution in [0.2, 0.25) is 5.02 Å². The van der Waals surface area contributed by atoms with Gasteiger partial charge in [-0.15, -0.1) is 0 Å². The Labute approximate surface area is 156 Å². The molecule has 2 bridgehead atoms. The second-order valence-electron chi connectivity index (χ2n) is 6.83. The molecule has 26 heavy (non-hydrogen) atoms. The number of nitrogens with zero attached hydrogens (tertiary/aromatic N) is 1. The first-order valence-corrected chi connectivity index (χ1v) is 9.16. The minimum Gasteiger partial charge on any atom is -0.465 e. The van der Waals surface area contributed by atoms with Gasteiger partial charge in [-0.05, 0) is 43.9 Å². The van der Waals surface area contributed by atoms with E-state index in [0.717, 1.165) is 12.8 Å². The number of rotatable bonds is 5. The van der Waals surface area contributed by atoms with Crippen molar-refractivity contribution in [1.29, 1.82) is 0 Å². The molecule has 2 aliphatic heterocycles. The van der Waals surface area contributed by atoms with Gasteiger partial charge >= 0.3 is 6.09 Å². The van der Waals surface area contributed by atoms with Gasteiger partial charge in [0, 0.05) is 41.7 Å². The molecule has 7 nitrogen and oxygen atoms in total. The molecule has 3 N–H and O–H groups in total. The Kier molecular flexibility index (Phi) is 5.66. The van der Waals surface area contributed by atoms with Crippen molar-refractivity contribution < 1.29 is 19.5 Å². The van der Waals surface area contributed by atoms with E-state index < -0.39 is 6.09 Å². The van der Waals surface area contributed by atoms with E-state index in [0.29, 0.717) is 23.4 Å². The molecule has 3 rings (SSSR count). The number of amides is 3. The Hall–Kier alpha value is -2.28. The number of hydrogen-bond donors (Lipinski definition) is 3. The third-order valence-electron chi connectivity index (χ3n) is 5.04. The highest BCUT2D eigenvalue weighted by Crippen LogP contribution is 2.35. The lowest BCUT2D eigenvalue weighted by molar-refractivity contribution is -0.122. The zero-order chi connectivity index (χ0) is 18.7. The van der Waals surface area contributed by atoms with Crippen LogP contribution in [0.1, 0.15) is 42.5 Å². The largest absolute Gasteiger partial charge is 0.465 e. The molecule has 140 valence electrons. The van der Waals surface area contributed by atoms with E-state index in [1.807, 2.05) is 0 Å². The molecule has 1 aromatic rings. The van der Waals surface area contributed by atoms with Crippen LogP contribution < -0.4 is 10.6 Å². The van der Waals surface area contributed by atoms with Crippen LogP contribution in [0.4, 0.5) is 4.79 Å². The second-order valence-corrected chi connectivity index (χ2v) is 7.26. The highest BCUT2D eigenvalue weighted by Gasteiger charge is 2.43. The molecule has 2 unspecified atom stereocenters. The zero-order valence-electron chi connectivity index (χ0n) is 14.3. The fourth-order valence-electron chi connectivity index (χ4n) is 3.93. The van der Waals surface area contributed by atoms with E-state index in [1.165, 1.54) is 4.90 Å². The number of carbonyl (C=O) groups excluding carboxylic acids is 2. The van der Waals surface area contributed by atoms with E-state index in [9.17, 15) is 19.5 Å². The number of benzene rings is 1. The van der Waals surface area contributed by atoms with Crippen LogP contribution in [0, 0.1) is 0 Å². The molecule has 2 aliphatic rings. The second kappa shape index (κ2) is 7.95. The fraction of sp³-hybridized carbons (Fsp3) is 0.500. The van der Waals surface area contributed by atoms with E-state index in [-0.39, 0.29) is 42.9 Å². The summed E-state index contributed by atoms with van der Waals surface area (Å²) in [5.41, 5.74) is 0.454. The van der Waals surface area contributed by atoms with Crippen LogP contribution >= 0.6 is 11.6 Å². The molecule has 0 spiro atoms. The third-order valence-corrected chi connectivity index (χ3v) is 5.28. The van der Waals surface area contributed by atoms with Crippen LogP contribution in [-0.4, -0.2) is 52.6 Å². The van der Waals surface area contributed by atoms with Crippen LogP contribution in [-0.2, 0) is 4.79 Å². The van der Waals surface area contributed by atoms with Crippen molar-refractivity contribution in [3.8, 4) is 0 Å². The van der Waals surface area contributed by atoms with Crippen LogP contribution in [0.3, 0.4) is 0 Å². The molecule has 0 radical (unpaired) electrons. The predicted octanol–water partition coefficient (Wildman–Crippen LogP) is 2.25. The standard InChI is InChI=1S/C18H22ClN3O4/c19-12-3-1-2-11(8-12)17(24)20-7-6-16(23)21-13-9-14-4-5-15(10-13)22(14)18(25)26/h1-3,8,13-15H,4-7,9-10H2,(H,20,24)(H,21,23)(H,25,26). The Morgan fingerprint density at radius 2 is 1.88 bits per heavy atom. The lowest BCUT2D eigenvalue weighted by Gasteiger charge is -2.37. The average Bonchev–Trinajstić information content (AvgIpc) is 2.86. The zero-order valence-corrected chi connectivity index (χ0v) is 15.0. The monoisotopic (exact) mass is 379 g/mol. The number of carbonyl (C=O) groups is 3. The van der Waals surface area contributed by atoms with Crippen molar-refractivity contribution in [2.24, 2.45) is 0 Å². The van der Waals surface area contributed by atoms with Crippen molar-refractivity contribution in [2.45, 2.75) is 50.2 Å². The first kappa shape index (κ1) is 18.5. The SMILES string of the molecule is O=C(CCNC(=O)c1cccc(Cl)c1)NC1CC2CCC(C1)N2C(=O)O. The Bertz CT molecular complexity index is 697. The number of piperidine rings is 1. The smallest absolute Gasteiger partial charge is 0.407 e. The average molecular weight is 380 g/mol. The molecule has 8 heteroatoms. The van der Waals surface area contributed by atoms with Crippen molar-refractivity contribution in [1.82, 2.24) is 15.5 Å². The highest BCUT2D eigenvalue weighted by molar-refractivity contribution is 6.30. The summed E-state index contributed by atoms with van der Waals surface area (Å²) in [6, 6.07) is 6.62. The van der Waals surface area contributed by atoms with Crippen molar-refractivity contribution in [3.63, 3.8) is 0 Å². The minimum absolute atomic E-state index is 0.000712. The van der Waals surface area contributed by atoms with Gasteiger partial charge in [-0.1, -0.05) is 17.7 Å². The summed E-state index contributed by atoms with van der Waals surface area (Å²) in [4.78, 5) is 36.9. The van der Waals surface area contributed by atoms with Gasteiger partial charge in [-0.25, -0.2) is 4.79 Å². The number of fused-ring (bicyclic) bond motifs is 2. The van der Waals surface area contributed by atoms with Gasteiger partial charge in [0.1, 0.15) is 0 Å². The number of carboxylic acid groups (broad SMARTS) is 1. The molecule has 2 atom stereocenters. The van der Waals surface area contributed by atoms with Gasteiger partial charge in [0.05, 0.1) is 0 Å². The molecule has 0 aromatic heterocycles. The van der Waals surface area contributed by atoms with E-state index in [2.05, 4.69) is 10.6 Å². The molecular formula is C18H22ClN3O4. The topological polar surface area (TPSA) is 98.7 Å². The molecule has 2 fully saturated rings. The summed E-state index contributed by atoms with van der Waals surface area (Å²) in [5.74, 6) is -0.405. The summed E-state index contributed by atoms with van der Waals surface area (Å²) in [6.07, 6.45) is 2.34. The van der Waals surface area contributed by atoms with E-state index in [4.69, 9.17) is 11.6 Å². The first-order chi connectivity index (χ1) is 12.4. The molecule has 2 heterocycles. The number of nitrogens with one attached hydrogen (secondary N) is 2. The summed E-state index contributed by atoms with van der Waals surface area (Å²) in [6.45, 7) is 0.234. The number of hydrogen-bond acceptors (Lipinski definition) is 3. The van der Waals surface area contributed by atoms with Crippen molar-refractivity contribution >= 4 is 29.5 Å². The Balaban J connectivity index is 1.41. The lowest BCUT2D eigenvalue weighted by atomic mass is 9.97. The van der Waals surface area contributed by atoms with Gasteiger partial charge < -0.3 is 20.6 Å². The van der Waals surface area contributed by atoms with E-state index in [1.54, 1.807) is 24.3 Å². The molecule has 0 saturated carbocycles. The summed E-state index contributed by atoms with van der Waals surface area (Å²) < 4.78 is 0. The number of halogens is 1. The van der Waals surface area contributed by atoms with Crippen molar-refractivity contribution in [3.05, 3.63) is 34.9 Å². The maximum absolute atomic E-state index is 12.1. The molecule has 2 saturated heterocycles. The van der Waals surface area contributed by atoms with Crippen LogP contribution in [0.25, 0.3) is 0 Å². The minimum atomic E-state index is -0.869. The van der Waals surface area contributed by atoms with Gasteiger partial charge in [0.15, 0.2) is 0 Å². The summed E-state index contributed by atoms with van der Waals surface area (Å²) in [7, 11) is 0. The summed E-state index contributed by atoms with van der Waals surface area (Å²) >= 11 is 5.86. The normalized spacial score (nSPS) is 24.2. The maximum atomic E-state index is 12.1. The van der Waals surface area contributed by atoms with Crippen LogP contribution in [0.5, 0.6) is 0 Å². The molecular weight excluding hydrogens is 358 g/mol. The fourth-order valence-corrected chi connectivity index (χ4v) is 4.12. The van der Waals surface area contributed by atoms with E-state index >= 15 is 0 Å². The maximum Gasteiger partial charge on any atom is 0.407 e. The third kappa shape index (κ3) is 4.27. The quantitative estimate of drug-likeness (QED) is 0.730.